The van der Waals surface area contributed by atoms with Gasteiger partial charge in [-0.3, -0.25) is 0 Å². The third-order valence-electron chi connectivity index (χ3n) is 4.95. The molecule has 116 valence electrons. The van der Waals surface area contributed by atoms with Crippen LogP contribution in [0.3, 0.4) is 0 Å². The Kier molecular flexibility index (Phi) is 4.70. The quantitative estimate of drug-likeness (QED) is 0.832. The Morgan fingerprint density at radius 3 is 1.91 bits per heavy atom. The van der Waals surface area contributed by atoms with Gasteiger partial charge in [-0.05, 0) is 61.1 Å². The molecule has 0 fully saturated rings. The van der Waals surface area contributed by atoms with Gasteiger partial charge in [-0.25, -0.2) is 4.79 Å². The molecule has 2 nitrogen and oxygen atoms in total. The summed E-state index contributed by atoms with van der Waals surface area (Å²) >= 11 is 0. The molecule has 0 atom stereocenters. The number of hydrogen-bond acceptors (Lipinski definition) is 1. The lowest BCUT2D eigenvalue weighted by Crippen LogP contribution is -2.26. The second-order valence-corrected chi connectivity index (χ2v) is 5.97. The van der Waals surface area contributed by atoms with Crippen LogP contribution in [0.5, 0.6) is 0 Å². The van der Waals surface area contributed by atoms with Gasteiger partial charge >= 0.3 is 5.97 Å². The third kappa shape index (κ3) is 2.78. The maximum absolute atomic E-state index is 11.1. The van der Waals surface area contributed by atoms with Crippen molar-refractivity contribution in [3.8, 4) is 0 Å². The topological polar surface area (TPSA) is 37.3 Å². The van der Waals surface area contributed by atoms with Crippen molar-refractivity contribution in [2.75, 3.05) is 0 Å². The van der Waals surface area contributed by atoms with Crippen molar-refractivity contribution < 1.29 is 9.90 Å². The smallest absolute Gasteiger partial charge is 0.335 e. The Morgan fingerprint density at radius 1 is 0.909 bits per heavy atom. The van der Waals surface area contributed by atoms with Crippen LogP contribution in [0.2, 0.25) is 0 Å². The average Bonchev–Trinajstić information content (AvgIpc) is 2.53. The van der Waals surface area contributed by atoms with Crippen molar-refractivity contribution >= 4 is 5.97 Å². The van der Waals surface area contributed by atoms with E-state index in [1.807, 2.05) is 12.1 Å². The van der Waals surface area contributed by atoms with Gasteiger partial charge < -0.3 is 5.11 Å². The minimum absolute atomic E-state index is 0.0600. The lowest BCUT2D eigenvalue weighted by molar-refractivity contribution is 0.0697. The van der Waals surface area contributed by atoms with Gasteiger partial charge in [0, 0.05) is 5.41 Å². The lowest BCUT2D eigenvalue weighted by Gasteiger charge is -2.34. The Hall–Kier alpha value is -2.09. The molecule has 0 unspecified atom stereocenters. The second-order valence-electron chi connectivity index (χ2n) is 5.97. The maximum atomic E-state index is 11.1. The predicted molar refractivity (Wildman–Crippen MR) is 90.7 cm³/mol. The number of carboxylic acids is 1. The lowest BCUT2D eigenvalue weighted by atomic mass is 9.70. The van der Waals surface area contributed by atoms with E-state index >= 15 is 0 Å². The van der Waals surface area contributed by atoms with E-state index in [0.717, 1.165) is 12.8 Å². The number of hydrogen-bond donors (Lipinski definition) is 1. The molecule has 0 aromatic heterocycles. The molecule has 0 saturated heterocycles. The minimum atomic E-state index is -0.878. The Bertz CT molecular complexity index is 665. The molecule has 22 heavy (non-hydrogen) atoms. The fraction of sp³-hybridized carbons (Fsp3) is 0.350. The number of aryl methyl sites for hydroxylation is 2. The van der Waals surface area contributed by atoms with Crippen molar-refractivity contribution in [2.45, 2.75) is 46.0 Å². The summed E-state index contributed by atoms with van der Waals surface area (Å²) in [5.41, 5.74) is 5.37. The first-order valence-electron chi connectivity index (χ1n) is 7.86. The van der Waals surface area contributed by atoms with Crippen LogP contribution in [0, 0.1) is 13.8 Å². The monoisotopic (exact) mass is 296 g/mol. The van der Waals surface area contributed by atoms with Crippen LogP contribution in [0.15, 0.2) is 42.5 Å². The van der Waals surface area contributed by atoms with Gasteiger partial charge in [0.05, 0.1) is 5.56 Å². The van der Waals surface area contributed by atoms with Gasteiger partial charge in [0.2, 0.25) is 0 Å². The summed E-state index contributed by atoms with van der Waals surface area (Å²) in [5, 5.41) is 9.08. The zero-order valence-electron chi connectivity index (χ0n) is 13.8. The number of carboxylic acid groups (broad SMARTS) is 1. The molecular weight excluding hydrogens is 272 g/mol. The Morgan fingerprint density at radius 2 is 1.45 bits per heavy atom. The van der Waals surface area contributed by atoms with Crippen LogP contribution in [0.4, 0.5) is 0 Å². The predicted octanol–water partition coefficient (Wildman–Crippen LogP) is 5.11. The fourth-order valence-corrected chi connectivity index (χ4v) is 3.20. The molecule has 0 aliphatic heterocycles. The van der Waals surface area contributed by atoms with Crippen molar-refractivity contribution in [1.82, 2.24) is 0 Å². The van der Waals surface area contributed by atoms with Crippen LogP contribution in [-0.2, 0) is 5.41 Å². The van der Waals surface area contributed by atoms with E-state index in [4.69, 9.17) is 5.11 Å². The van der Waals surface area contributed by atoms with Crippen molar-refractivity contribution in [3.05, 3.63) is 70.3 Å². The summed E-state index contributed by atoms with van der Waals surface area (Å²) in [6.45, 7) is 8.66. The molecule has 0 saturated carbocycles. The molecular formula is C20H24O2. The molecule has 2 heteroatoms. The van der Waals surface area contributed by atoms with Gasteiger partial charge in [0.1, 0.15) is 0 Å². The highest BCUT2D eigenvalue weighted by atomic mass is 16.4. The summed E-state index contributed by atoms with van der Waals surface area (Å²) in [6.07, 6.45) is 1.97. The van der Waals surface area contributed by atoms with E-state index in [9.17, 15) is 4.79 Å². The molecule has 2 aromatic rings. The summed E-state index contributed by atoms with van der Waals surface area (Å²) < 4.78 is 0. The van der Waals surface area contributed by atoms with Gasteiger partial charge in [-0.2, -0.15) is 0 Å². The van der Waals surface area contributed by atoms with Gasteiger partial charge in [-0.15, -0.1) is 0 Å². The molecule has 2 aromatic carbocycles. The SMILES string of the molecule is CCC(CC)(c1ccc(C(=O)O)cc1)c1ccc(C)c(C)c1. The molecule has 0 radical (unpaired) electrons. The van der Waals surface area contributed by atoms with Crippen LogP contribution in [0.1, 0.15) is 59.3 Å². The third-order valence-corrected chi connectivity index (χ3v) is 4.95. The molecule has 0 amide bonds. The van der Waals surface area contributed by atoms with Crippen LogP contribution < -0.4 is 0 Å². The molecule has 0 spiro atoms. The number of benzene rings is 2. The van der Waals surface area contributed by atoms with Gasteiger partial charge in [0.15, 0.2) is 0 Å². The van der Waals surface area contributed by atoms with Crippen molar-refractivity contribution in [3.63, 3.8) is 0 Å². The summed E-state index contributed by atoms with van der Waals surface area (Å²) in [5.74, 6) is -0.878. The van der Waals surface area contributed by atoms with Crippen LogP contribution >= 0.6 is 0 Å². The van der Waals surface area contributed by atoms with Crippen LogP contribution in [0.25, 0.3) is 0 Å². The summed E-state index contributed by atoms with van der Waals surface area (Å²) in [7, 11) is 0. The van der Waals surface area contributed by atoms with E-state index in [1.165, 1.54) is 22.3 Å². The zero-order valence-corrected chi connectivity index (χ0v) is 13.8. The van der Waals surface area contributed by atoms with E-state index in [1.54, 1.807) is 12.1 Å². The summed E-state index contributed by atoms with van der Waals surface area (Å²) in [6, 6.07) is 14.0. The summed E-state index contributed by atoms with van der Waals surface area (Å²) in [4.78, 5) is 11.1. The first kappa shape index (κ1) is 16.3. The van der Waals surface area contributed by atoms with Gasteiger partial charge in [-0.1, -0.05) is 44.2 Å². The first-order chi connectivity index (χ1) is 10.4. The minimum Gasteiger partial charge on any atom is -0.478 e. The Labute approximate surface area is 132 Å². The number of aromatic carboxylic acids is 1. The maximum Gasteiger partial charge on any atom is 0.335 e. The molecule has 0 aliphatic carbocycles. The highest BCUT2D eigenvalue weighted by Crippen LogP contribution is 2.39. The number of rotatable bonds is 5. The molecule has 0 heterocycles. The molecule has 0 bridgehead atoms. The fourth-order valence-electron chi connectivity index (χ4n) is 3.20. The zero-order chi connectivity index (χ0) is 16.3. The normalized spacial score (nSPS) is 11.5. The largest absolute Gasteiger partial charge is 0.478 e. The van der Waals surface area contributed by atoms with E-state index in [0.29, 0.717) is 5.56 Å². The standard InChI is InChI=1S/C20H24O2/c1-5-20(6-2,18-10-7-14(3)15(4)13-18)17-11-8-16(9-12-17)19(21)22/h7-13H,5-6H2,1-4H3,(H,21,22). The number of carbonyl (C=O) groups is 1. The van der Waals surface area contributed by atoms with E-state index < -0.39 is 5.97 Å². The van der Waals surface area contributed by atoms with Crippen molar-refractivity contribution in [2.24, 2.45) is 0 Å². The first-order valence-corrected chi connectivity index (χ1v) is 7.86. The van der Waals surface area contributed by atoms with Crippen molar-refractivity contribution in [1.29, 1.82) is 0 Å². The van der Waals surface area contributed by atoms with Crippen LogP contribution in [-0.4, -0.2) is 11.1 Å². The Balaban J connectivity index is 2.55. The molecule has 1 N–H and O–H groups in total. The second kappa shape index (κ2) is 6.35. The highest BCUT2D eigenvalue weighted by molar-refractivity contribution is 5.87. The highest BCUT2D eigenvalue weighted by Gasteiger charge is 2.30. The van der Waals surface area contributed by atoms with E-state index in [2.05, 4.69) is 45.9 Å². The van der Waals surface area contributed by atoms with E-state index in [-0.39, 0.29) is 5.41 Å². The molecule has 0 aliphatic rings. The van der Waals surface area contributed by atoms with Gasteiger partial charge in [0.25, 0.3) is 0 Å². The average molecular weight is 296 g/mol. The molecule has 2 rings (SSSR count).